The number of nitrogens with one attached hydrogen (secondary N) is 1. The molecule has 0 atom stereocenters. The number of hydrogen-bond acceptors (Lipinski definition) is 3. The van der Waals surface area contributed by atoms with Gasteiger partial charge in [-0.25, -0.2) is 0 Å². The van der Waals surface area contributed by atoms with Crippen molar-refractivity contribution >= 4 is 16.7 Å². The first-order chi connectivity index (χ1) is 13.2. The summed E-state index contributed by atoms with van der Waals surface area (Å²) in [6.07, 6.45) is 0. The van der Waals surface area contributed by atoms with Gasteiger partial charge < -0.3 is 9.72 Å². The number of ketones is 1. The highest BCUT2D eigenvalue weighted by Crippen LogP contribution is 2.24. The molecule has 0 amide bonds. The van der Waals surface area contributed by atoms with Crippen LogP contribution < -0.4 is 10.2 Å². The summed E-state index contributed by atoms with van der Waals surface area (Å²) in [5.41, 5.74) is 2.34. The summed E-state index contributed by atoms with van der Waals surface area (Å²) in [7, 11) is 1.57. The lowest BCUT2D eigenvalue weighted by molar-refractivity contribution is 0.103. The summed E-state index contributed by atoms with van der Waals surface area (Å²) in [6.45, 7) is 0. The summed E-state index contributed by atoms with van der Waals surface area (Å²) in [5, 5.41) is 0.558. The summed E-state index contributed by atoms with van der Waals surface area (Å²) in [4.78, 5) is 29.6. The van der Waals surface area contributed by atoms with Gasteiger partial charge in [-0.15, -0.1) is 0 Å². The third-order valence-electron chi connectivity index (χ3n) is 4.55. The molecule has 0 aliphatic heterocycles. The molecule has 0 aliphatic carbocycles. The number of aromatic nitrogens is 1. The summed E-state index contributed by atoms with van der Waals surface area (Å²) >= 11 is 0. The fourth-order valence-corrected chi connectivity index (χ4v) is 3.17. The first-order valence-electron chi connectivity index (χ1n) is 8.58. The average Bonchev–Trinajstić information content (AvgIpc) is 2.74. The maximum Gasteiger partial charge on any atom is 0.209 e. The van der Waals surface area contributed by atoms with Crippen LogP contribution in [0, 0.1) is 0 Å². The number of H-pyrrole nitrogens is 1. The molecule has 0 bridgehead atoms. The Morgan fingerprint density at radius 2 is 1.52 bits per heavy atom. The predicted molar refractivity (Wildman–Crippen MR) is 106 cm³/mol. The van der Waals surface area contributed by atoms with Crippen molar-refractivity contribution in [2.75, 3.05) is 7.11 Å². The van der Waals surface area contributed by atoms with Crippen molar-refractivity contribution in [3.63, 3.8) is 0 Å². The molecule has 1 aromatic heterocycles. The van der Waals surface area contributed by atoms with Crippen molar-refractivity contribution in [3.8, 4) is 16.9 Å². The number of ether oxygens (including phenoxy) is 1. The van der Waals surface area contributed by atoms with Crippen LogP contribution in [0.15, 0.2) is 83.7 Å². The molecule has 3 aromatic carbocycles. The van der Waals surface area contributed by atoms with Crippen molar-refractivity contribution in [1.82, 2.24) is 4.98 Å². The lowest BCUT2D eigenvalue weighted by Gasteiger charge is -2.11. The largest absolute Gasteiger partial charge is 0.497 e. The van der Waals surface area contributed by atoms with Gasteiger partial charge in [0.2, 0.25) is 5.78 Å². The zero-order valence-electron chi connectivity index (χ0n) is 14.7. The van der Waals surface area contributed by atoms with Crippen LogP contribution in [0.25, 0.3) is 22.0 Å². The first kappa shape index (κ1) is 16.8. The van der Waals surface area contributed by atoms with Crippen LogP contribution in [-0.2, 0) is 0 Å². The van der Waals surface area contributed by atoms with E-state index in [0.717, 1.165) is 0 Å². The first-order valence-corrected chi connectivity index (χ1v) is 8.58. The van der Waals surface area contributed by atoms with Gasteiger partial charge in [-0.2, -0.15) is 0 Å². The molecule has 1 heterocycles. The topological polar surface area (TPSA) is 59.2 Å². The molecule has 4 aromatic rings. The van der Waals surface area contributed by atoms with Crippen molar-refractivity contribution in [3.05, 3.63) is 100 Å². The third-order valence-corrected chi connectivity index (χ3v) is 4.55. The minimum absolute atomic E-state index is 0.160. The van der Waals surface area contributed by atoms with Crippen LogP contribution in [0.1, 0.15) is 16.1 Å². The highest BCUT2D eigenvalue weighted by Gasteiger charge is 2.20. The van der Waals surface area contributed by atoms with Crippen LogP contribution in [0.4, 0.5) is 0 Å². The van der Waals surface area contributed by atoms with Gasteiger partial charge in [-0.3, -0.25) is 9.59 Å². The second kappa shape index (κ2) is 6.92. The molecule has 4 nitrogen and oxygen atoms in total. The Kier molecular flexibility index (Phi) is 4.30. The summed E-state index contributed by atoms with van der Waals surface area (Å²) < 4.78 is 5.16. The van der Waals surface area contributed by atoms with E-state index < -0.39 is 0 Å². The van der Waals surface area contributed by atoms with Gasteiger partial charge in [0.25, 0.3) is 0 Å². The standard InChI is InChI=1S/C23H17NO3/c1-27-17-13-11-16(12-14-17)22(25)21-20(15-7-3-2-4-8-15)23(26)18-9-5-6-10-19(18)24-21/h2-14H,1H3,(H,24,26). The number of hydrogen-bond donors (Lipinski definition) is 1. The quantitative estimate of drug-likeness (QED) is 0.551. The van der Waals surface area contributed by atoms with E-state index in [1.807, 2.05) is 42.5 Å². The molecule has 4 heteroatoms. The summed E-state index contributed by atoms with van der Waals surface area (Å²) in [5.74, 6) is 0.432. The van der Waals surface area contributed by atoms with E-state index in [9.17, 15) is 9.59 Å². The molecular weight excluding hydrogens is 338 g/mol. The fraction of sp³-hybridized carbons (Fsp3) is 0.0435. The smallest absolute Gasteiger partial charge is 0.209 e. The zero-order chi connectivity index (χ0) is 18.8. The molecule has 0 saturated heterocycles. The van der Waals surface area contributed by atoms with Gasteiger partial charge in [0, 0.05) is 16.5 Å². The van der Waals surface area contributed by atoms with E-state index >= 15 is 0 Å². The average molecular weight is 355 g/mol. The molecule has 0 spiro atoms. The molecule has 132 valence electrons. The maximum atomic E-state index is 13.2. The summed E-state index contributed by atoms with van der Waals surface area (Å²) in [6, 6.07) is 23.3. The van der Waals surface area contributed by atoms with Crippen molar-refractivity contribution < 1.29 is 9.53 Å². The number of aromatic amines is 1. The molecule has 27 heavy (non-hydrogen) atoms. The fourth-order valence-electron chi connectivity index (χ4n) is 3.17. The number of methoxy groups -OCH3 is 1. The Balaban J connectivity index is 1.98. The lowest BCUT2D eigenvalue weighted by Crippen LogP contribution is -2.16. The van der Waals surface area contributed by atoms with Gasteiger partial charge >= 0.3 is 0 Å². The van der Waals surface area contributed by atoms with Gasteiger partial charge in [0.15, 0.2) is 5.43 Å². The monoisotopic (exact) mass is 355 g/mol. The van der Waals surface area contributed by atoms with E-state index in [2.05, 4.69) is 4.98 Å². The number of rotatable bonds is 4. The van der Waals surface area contributed by atoms with Gasteiger partial charge in [-0.05, 0) is 42.0 Å². The Labute approximate surface area is 156 Å². The lowest BCUT2D eigenvalue weighted by atomic mass is 9.96. The molecular formula is C23H17NO3. The molecule has 0 saturated carbocycles. The zero-order valence-corrected chi connectivity index (χ0v) is 14.7. The SMILES string of the molecule is COc1ccc(C(=O)c2[nH]c3ccccc3c(=O)c2-c2ccccc2)cc1. The normalized spacial score (nSPS) is 10.7. The maximum absolute atomic E-state index is 13.2. The van der Waals surface area contributed by atoms with E-state index in [4.69, 9.17) is 4.74 Å². The highest BCUT2D eigenvalue weighted by atomic mass is 16.5. The Bertz CT molecular complexity index is 1180. The highest BCUT2D eigenvalue weighted by molar-refractivity contribution is 6.12. The Morgan fingerprint density at radius 3 is 2.22 bits per heavy atom. The van der Waals surface area contributed by atoms with Gasteiger partial charge in [0.1, 0.15) is 5.75 Å². The second-order valence-corrected chi connectivity index (χ2v) is 6.17. The van der Waals surface area contributed by atoms with E-state index in [1.54, 1.807) is 43.5 Å². The van der Waals surface area contributed by atoms with E-state index in [1.165, 1.54) is 0 Å². The minimum Gasteiger partial charge on any atom is -0.497 e. The molecule has 1 N–H and O–H groups in total. The Hall–Kier alpha value is -3.66. The predicted octanol–water partition coefficient (Wildman–Crippen LogP) is 4.43. The third kappa shape index (κ3) is 3.02. The second-order valence-electron chi connectivity index (χ2n) is 6.17. The van der Waals surface area contributed by atoms with E-state index in [0.29, 0.717) is 33.3 Å². The number of carbonyl (C=O) groups is 1. The van der Waals surface area contributed by atoms with Crippen molar-refractivity contribution in [2.45, 2.75) is 0 Å². The molecule has 0 aliphatic rings. The molecule has 0 radical (unpaired) electrons. The number of fused-ring (bicyclic) bond motifs is 1. The van der Waals surface area contributed by atoms with Crippen LogP contribution in [0.3, 0.4) is 0 Å². The van der Waals surface area contributed by atoms with Gasteiger partial charge in [0.05, 0.1) is 18.4 Å². The number of carbonyl (C=O) groups excluding carboxylic acids is 1. The van der Waals surface area contributed by atoms with Crippen molar-refractivity contribution in [2.24, 2.45) is 0 Å². The Morgan fingerprint density at radius 1 is 0.852 bits per heavy atom. The van der Waals surface area contributed by atoms with Crippen molar-refractivity contribution in [1.29, 1.82) is 0 Å². The molecule has 0 unspecified atom stereocenters. The molecule has 0 fully saturated rings. The number of pyridine rings is 1. The number of benzene rings is 3. The van der Waals surface area contributed by atoms with Crippen LogP contribution in [0.2, 0.25) is 0 Å². The minimum atomic E-state index is -0.237. The van der Waals surface area contributed by atoms with Crippen LogP contribution in [0.5, 0.6) is 5.75 Å². The van der Waals surface area contributed by atoms with Crippen LogP contribution >= 0.6 is 0 Å². The molecule has 4 rings (SSSR count). The van der Waals surface area contributed by atoms with E-state index in [-0.39, 0.29) is 16.9 Å². The van der Waals surface area contributed by atoms with Crippen LogP contribution in [-0.4, -0.2) is 17.9 Å². The van der Waals surface area contributed by atoms with Gasteiger partial charge in [-0.1, -0.05) is 42.5 Å². The number of para-hydroxylation sites is 1.